The third-order valence-electron chi connectivity index (χ3n) is 4.62. The van der Waals surface area contributed by atoms with Crippen molar-refractivity contribution in [3.63, 3.8) is 0 Å². The number of fused-ring (bicyclic) bond motifs is 1. The Balaban J connectivity index is 1.61. The summed E-state index contributed by atoms with van der Waals surface area (Å²) in [5.41, 5.74) is 10.4. The van der Waals surface area contributed by atoms with Gasteiger partial charge < -0.3 is 10.3 Å². The van der Waals surface area contributed by atoms with Gasteiger partial charge in [-0.25, -0.2) is 0 Å². The number of hydrogen-bond donors (Lipinski definition) is 1. The molecule has 1 aliphatic rings. The summed E-state index contributed by atoms with van der Waals surface area (Å²) in [6, 6.07) is 11.7. The number of aryl methyl sites for hydroxylation is 1. The highest BCUT2D eigenvalue weighted by atomic mass is 35.5. The van der Waals surface area contributed by atoms with Gasteiger partial charge in [-0.2, -0.15) is 4.98 Å². The Hall–Kier alpha value is -1.88. The van der Waals surface area contributed by atoms with E-state index in [-0.39, 0.29) is 6.04 Å². The summed E-state index contributed by atoms with van der Waals surface area (Å²) in [6.07, 6.45) is 3.61. The highest BCUT2D eigenvalue weighted by Crippen LogP contribution is 2.32. The number of halogens is 2. The lowest BCUT2D eigenvalue weighted by atomic mass is 9.87. The van der Waals surface area contributed by atoms with E-state index in [1.165, 1.54) is 11.1 Å². The Kier molecular flexibility index (Phi) is 4.50. The lowest BCUT2D eigenvalue weighted by molar-refractivity contribution is 0.424. The van der Waals surface area contributed by atoms with Crippen molar-refractivity contribution in [3.8, 4) is 11.5 Å². The number of benzene rings is 2. The number of aromatic nitrogens is 2. The first kappa shape index (κ1) is 16.6. The molecule has 0 radical (unpaired) electrons. The number of hydrogen-bond acceptors (Lipinski definition) is 4. The molecule has 4 nitrogen and oxygen atoms in total. The van der Waals surface area contributed by atoms with Gasteiger partial charge in [0.2, 0.25) is 0 Å². The largest absolute Gasteiger partial charge is 0.334 e. The standard InChI is InChI=1S/C19H17Cl2N3O/c20-15-4-2-5-16(21)14(15)10-18-23-19(25-24-18)12-7-8-13-11(9-12)3-1-6-17(13)22/h2,4-5,7-9,17H,1,3,6,10,22H2. The van der Waals surface area contributed by atoms with Crippen LogP contribution in [0.5, 0.6) is 0 Å². The van der Waals surface area contributed by atoms with Crippen molar-refractivity contribution in [3.05, 3.63) is 69.0 Å². The molecule has 25 heavy (non-hydrogen) atoms. The van der Waals surface area contributed by atoms with Gasteiger partial charge in [-0.05, 0) is 60.2 Å². The Labute approximate surface area is 155 Å². The first-order valence-electron chi connectivity index (χ1n) is 8.26. The molecule has 1 atom stereocenters. The van der Waals surface area contributed by atoms with Crippen LogP contribution in [0.2, 0.25) is 10.0 Å². The van der Waals surface area contributed by atoms with Crippen molar-refractivity contribution in [2.24, 2.45) is 5.73 Å². The molecule has 0 saturated carbocycles. The van der Waals surface area contributed by atoms with E-state index in [9.17, 15) is 0 Å². The number of nitrogens with two attached hydrogens (primary N) is 1. The molecule has 0 aliphatic heterocycles. The van der Waals surface area contributed by atoms with Crippen molar-refractivity contribution in [1.29, 1.82) is 0 Å². The van der Waals surface area contributed by atoms with Crippen molar-refractivity contribution >= 4 is 23.2 Å². The predicted molar refractivity (Wildman–Crippen MR) is 98.9 cm³/mol. The molecule has 1 unspecified atom stereocenters. The molecule has 0 bridgehead atoms. The highest BCUT2D eigenvalue weighted by Gasteiger charge is 2.19. The van der Waals surface area contributed by atoms with Crippen molar-refractivity contribution < 1.29 is 4.52 Å². The van der Waals surface area contributed by atoms with Gasteiger partial charge in [0.05, 0.1) is 0 Å². The van der Waals surface area contributed by atoms with Gasteiger partial charge in [0.15, 0.2) is 5.82 Å². The lowest BCUT2D eigenvalue weighted by Gasteiger charge is -2.22. The first-order valence-corrected chi connectivity index (χ1v) is 9.01. The summed E-state index contributed by atoms with van der Waals surface area (Å²) in [5.74, 6) is 1.06. The molecular formula is C19H17Cl2N3O. The van der Waals surface area contributed by atoms with Crippen molar-refractivity contribution in [2.45, 2.75) is 31.7 Å². The third-order valence-corrected chi connectivity index (χ3v) is 5.32. The Morgan fingerprint density at radius 2 is 1.96 bits per heavy atom. The molecule has 2 aromatic carbocycles. The normalized spacial score (nSPS) is 16.7. The van der Waals surface area contributed by atoms with Gasteiger partial charge in [0.1, 0.15) is 0 Å². The van der Waals surface area contributed by atoms with Crippen LogP contribution in [0, 0.1) is 0 Å². The molecule has 2 N–H and O–H groups in total. The average Bonchev–Trinajstić information content (AvgIpc) is 3.07. The summed E-state index contributed by atoms with van der Waals surface area (Å²) in [4.78, 5) is 4.50. The van der Waals surface area contributed by atoms with E-state index in [0.717, 1.165) is 30.4 Å². The van der Waals surface area contributed by atoms with Gasteiger partial charge in [-0.3, -0.25) is 0 Å². The number of rotatable bonds is 3. The summed E-state index contributed by atoms with van der Waals surface area (Å²) >= 11 is 12.4. The van der Waals surface area contributed by atoms with Crippen LogP contribution < -0.4 is 5.73 Å². The summed E-state index contributed by atoms with van der Waals surface area (Å²) < 4.78 is 5.44. The second-order valence-corrected chi connectivity index (χ2v) is 7.12. The lowest BCUT2D eigenvalue weighted by Crippen LogP contribution is -2.17. The van der Waals surface area contributed by atoms with Crippen LogP contribution in [0.25, 0.3) is 11.5 Å². The quantitative estimate of drug-likeness (QED) is 0.703. The molecule has 0 amide bonds. The van der Waals surface area contributed by atoms with Gasteiger partial charge >= 0.3 is 0 Å². The van der Waals surface area contributed by atoms with Crippen LogP contribution in [0.1, 0.15) is 41.4 Å². The van der Waals surface area contributed by atoms with E-state index in [2.05, 4.69) is 22.3 Å². The van der Waals surface area contributed by atoms with E-state index in [0.29, 0.717) is 28.2 Å². The fourth-order valence-electron chi connectivity index (χ4n) is 3.29. The van der Waals surface area contributed by atoms with E-state index >= 15 is 0 Å². The Bertz CT molecular complexity index is 903. The van der Waals surface area contributed by atoms with Crippen LogP contribution in [-0.4, -0.2) is 10.1 Å². The molecule has 1 heterocycles. The molecular weight excluding hydrogens is 357 g/mol. The van der Waals surface area contributed by atoms with Gasteiger partial charge in [-0.15, -0.1) is 0 Å². The van der Waals surface area contributed by atoms with Crippen LogP contribution in [-0.2, 0) is 12.8 Å². The fraction of sp³-hybridized carbons (Fsp3) is 0.263. The van der Waals surface area contributed by atoms with E-state index in [4.69, 9.17) is 33.5 Å². The highest BCUT2D eigenvalue weighted by molar-refractivity contribution is 6.36. The first-order chi connectivity index (χ1) is 12.1. The summed E-state index contributed by atoms with van der Waals surface area (Å²) in [5, 5.41) is 5.27. The monoisotopic (exact) mass is 373 g/mol. The third kappa shape index (κ3) is 3.30. The maximum atomic E-state index is 6.21. The zero-order chi connectivity index (χ0) is 17.4. The minimum atomic E-state index is 0.124. The minimum Gasteiger partial charge on any atom is -0.334 e. The molecule has 0 spiro atoms. The van der Waals surface area contributed by atoms with Gasteiger partial charge in [0, 0.05) is 28.1 Å². The van der Waals surface area contributed by atoms with Gasteiger partial charge in [-0.1, -0.05) is 40.5 Å². The van der Waals surface area contributed by atoms with Crippen LogP contribution in [0.4, 0.5) is 0 Å². The SMILES string of the molecule is NC1CCCc2cc(-c3nc(Cc4c(Cl)cccc4Cl)no3)ccc21. The Morgan fingerprint density at radius 3 is 2.76 bits per heavy atom. The minimum absolute atomic E-state index is 0.124. The molecule has 3 aromatic rings. The van der Waals surface area contributed by atoms with Crippen LogP contribution >= 0.6 is 23.2 Å². The van der Waals surface area contributed by atoms with Gasteiger partial charge in [0.25, 0.3) is 5.89 Å². The molecule has 4 rings (SSSR count). The van der Waals surface area contributed by atoms with E-state index in [1.807, 2.05) is 12.1 Å². The second kappa shape index (κ2) is 6.79. The number of nitrogens with zero attached hydrogens (tertiary/aromatic N) is 2. The smallest absolute Gasteiger partial charge is 0.257 e. The maximum absolute atomic E-state index is 6.21. The maximum Gasteiger partial charge on any atom is 0.257 e. The molecule has 0 saturated heterocycles. The summed E-state index contributed by atoms with van der Waals surface area (Å²) in [7, 11) is 0. The van der Waals surface area contributed by atoms with Crippen LogP contribution in [0.15, 0.2) is 40.9 Å². The zero-order valence-electron chi connectivity index (χ0n) is 13.5. The predicted octanol–water partition coefficient (Wildman–Crippen LogP) is 4.97. The van der Waals surface area contributed by atoms with Crippen molar-refractivity contribution in [2.75, 3.05) is 0 Å². The van der Waals surface area contributed by atoms with E-state index in [1.54, 1.807) is 12.1 Å². The summed E-state index contributed by atoms with van der Waals surface area (Å²) in [6.45, 7) is 0. The van der Waals surface area contributed by atoms with Crippen LogP contribution in [0.3, 0.4) is 0 Å². The van der Waals surface area contributed by atoms with E-state index < -0.39 is 0 Å². The molecule has 1 aliphatic carbocycles. The molecule has 0 fully saturated rings. The zero-order valence-corrected chi connectivity index (χ0v) is 15.0. The molecule has 6 heteroatoms. The molecule has 128 valence electrons. The topological polar surface area (TPSA) is 64.9 Å². The fourth-order valence-corrected chi connectivity index (χ4v) is 3.82. The van der Waals surface area contributed by atoms with Crippen molar-refractivity contribution in [1.82, 2.24) is 10.1 Å². The average molecular weight is 374 g/mol. The Morgan fingerprint density at radius 1 is 1.16 bits per heavy atom. The molecule has 1 aromatic heterocycles. The second-order valence-electron chi connectivity index (χ2n) is 6.31.